The Kier molecular flexibility index (Phi) is 5.01. The van der Waals surface area contributed by atoms with Crippen molar-refractivity contribution in [3.8, 4) is 22.8 Å². The molecule has 1 aliphatic rings. The van der Waals surface area contributed by atoms with Gasteiger partial charge in [-0.2, -0.15) is 5.10 Å². The van der Waals surface area contributed by atoms with Crippen LogP contribution in [0.2, 0.25) is 0 Å². The zero-order chi connectivity index (χ0) is 22.3. The van der Waals surface area contributed by atoms with Gasteiger partial charge in [0.05, 0.1) is 38.6 Å². The van der Waals surface area contributed by atoms with E-state index in [1.807, 2.05) is 35.0 Å². The second-order valence-corrected chi connectivity index (χ2v) is 8.92. The van der Waals surface area contributed by atoms with Crippen LogP contribution in [0.15, 0.2) is 54.9 Å². The van der Waals surface area contributed by atoms with Gasteiger partial charge in [-0.3, -0.25) is 0 Å². The Morgan fingerprint density at radius 2 is 1.78 bits per heavy atom. The molecule has 1 aliphatic heterocycles. The maximum atomic E-state index is 15.2. The fourth-order valence-electron chi connectivity index (χ4n) is 4.31. The normalized spacial score (nSPS) is 16.3. The van der Waals surface area contributed by atoms with Gasteiger partial charge in [-0.25, -0.2) is 19.0 Å². The van der Waals surface area contributed by atoms with Crippen LogP contribution in [-0.2, 0) is 0 Å². The molecule has 1 fully saturated rings. The second-order valence-electron chi connectivity index (χ2n) is 8.92. The Balaban J connectivity index is 1.54. The first kappa shape index (κ1) is 20.4. The molecule has 7 nitrogen and oxygen atoms in total. The fourth-order valence-corrected chi connectivity index (χ4v) is 4.31. The van der Waals surface area contributed by atoms with E-state index in [0.717, 1.165) is 30.4 Å². The molecule has 0 saturated carbocycles. The number of benzene rings is 2. The monoisotopic (exact) mass is 433 g/mol. The molecule has 4 aromatic rings. The number of anilines is 1. The number of nitrogens with two attached hydrogens (primary N) is 1. The molecule has 0 spiro atoms. The van der Waals surface area contributed by atoms with Crippen molar-refractivity contribution >= 4 is 16.9 Å². The number of hydrogen-bond donors (Lipinski definition) is 1. The van der Waals surface area contributed by atoms with Crippen LogP contribution in [-0.4, -0.2) is 51.4 Å². The summed E-state index contributed by atoms with van der Waals surface area (Å²) in [6.07, 6.45) is 3.38. The molecular formula is C24H26FN6O+. The van der Waals surface area contributed by atoms with E-state index in [2.05, 4.69) is 24.1 Å². The van der Waals surface area contributed by atoms with Crippen LogP contribution < -0.4 is 10.5 Å². The first-order valence-corrected chi connectivity index (χ1v) is 10.7. The van der Waals surface area contributed by atoms with Gasteiger partial charge in [0.15, 0.2) is 5.65 Å². The lowest BCUT2D eigenvalue weighted by atomic mass is 10.0. The first-order valence-electron chi connectivity index (χ1n) is 10.7. The molecule has 0 amide bonds. The Hall–Kier alpha value is -3.52. The predicted molar refractivity (Wildman–Crippen MR) is 122 cm³/mol. The molecule has 3 heterocycles. The van der Waals surface area contributed by atoms with Crippen molar-refractivity contribution < 1.29 is 13.6 Å². The lowest BCUT2D eigenvalue weighted by molar-refractivity contribution is -0.895. The molecule has 0 atom stereocenters. The number of aromatic nitrogens is 4. The van der Waals surface area contributed by atoms with E-state index in [0.29, 0.717) is 39.6 Å². The summed E-state index contributed by atoms with van der Waals surface area (Å²) in [4.78, 5) is 8.60. The number of hydrogen-bond acceptors (Lipinski definition) is 5. The van der Waals surface area contributed by atoms with Crippen molar-refractivity contribution in [2.45, 2.75) is 18.9 Å². The number of quaternary nitrogens is 1. The van der Waals surface area contributed by atoms with Gasteiger partial charge < -0.3 is 15.0 Å². The van der Waals surface area contributed by atoms with Crippen molar-refractivity contribution in [1.29, 1.82) is 0 Å². The maximum absolute atomic E-state index is 15.2. The molecule has 8 heteroatoms. The van der Waals surface area contributed by atoms with Crippen molar-refractivity contribution in [3.05, 3.63) is 60.7 Å². The number of nitrogen functional groups attached to an aromatic ring is 1. The van der Waals surface area contributed by atoms with Gasteiger partial charge >= 0.3 is 0 Å². The van der Waals surface area contributed by atoms with Crippen molar-refractivity contribution in [1.82, 2.24) is 19.7 Å². The quantitative estimate of drug-likeness (QED) is 0.482. The standard InChI is InChI=1S/C24H26FN6O/c1-31(2)12-10-16(11-13-31)30-24-21(23(26)27-15-28-24)22(29-30)19-9-8-18(14-20(19)25)32-17-6-4-3-5-7-17/h3-9,14-16H,10-13H2,1-2H3,(H2,26,27,28)/q+1. The number of ether oxygens (including phenoxy) is 1. The summed E-state index contributed by atoms with van der Waals surface area (Å²) in [7, 11) is 4.47. The maximum Gasteiger partial charge on any atom is 0.164 e. The van der Waals surface area contributed by atoms with Crippen LogP contribution in [0.3, 0.4) is 0 Å². The van der Waals surface area contributed by atoms with Gasteiger partial charge in [0.1, 0.15) is 35.2 Å². The van der Waals surface area contributed by atoms with E-state index in [1.54, 1.807) is 12.1 Å². The van der Waals surface area contributed by atoms with Crippen LogP contribution in [0, 0.1) is 5.82 Å². The summed E-state index contributed by atoms with van der Waals surface area (Å²) in [6.45, 7) is 2.09. The molecule has 1 saturated heterocycles. The van der Waals surface area contributed by atoms with Crippen molar-refractivity contribution in [2.75, 3.05) is 32.9 Å². The molecule has 5 rings (SSSR count). The van der Waals surface area contributed by atoms with E-state index in [4.69, 9.17) is 15.6 Å². The summed E-state index contributed by atoms with van der Waals surface area (Å²) in [6, 6.07) is 14.2. The van der Waals surface area contributed by atoms with E-state index in [1.165, 1.54) is 12.4 Å². The molecule has 2 N–H and O–H groups in total. The Morgan fingerprint density at radius 1 is 1.03 bits per heavy atom. The summed E-state index contributed by atoms with van der Waals surface area (Å²) in [5.41, 5.74) is 7.66. The number of halogens is 1. The lowest BCUT2D eigenvalue weighted by Gasteiger charge is -2.37. The zero-order valence-corrected chi connectivity index (χ0v) is 18.2. The molecule has 0 radical (unpaired) electrons. The molecule has 32 heavy (non-hydrogen) atoms. The van der Waals surface area contributed by atoms with Gasteiger partial charge in [0.2, 0.25) is 0 Å². The number of fused-ring (bicyclic) bond motifs is 1. The SMILES string of the molecule is C[N+]1(C)CCC(n2nc(-c3ccc(Oc4ccccc4)cc3F)c3c(N)ncnc32)CC1. The minimum atomic E-state index is -0.435. The number of rotatable bonds is 4. The highest BCUT2D eigenvalue weighted by Crippen LogP contribution is 2.36. The van der Waals surface area contributed by atoms with Gasteiger partial charge in [-0.15, -0.1) is 0 Å². The molecule has 2 aromatic carbocycles. The molecule has 0 unspecified atom stereocenters. The zero-order valence-electron chi connectivity index (χ0n) is 18.2. The van der Waals surface area contributed by atoms with Crippen LogP contribution in [0.1, 0.15) is 18.9 Å². The Bertz CT molecular complexity index is 1260. The Labute approximate surface area is 185 Å². The second kappa shape index (κ2) is 7.87. The molecule has 0 bridgehead atoms. The fraction of sp³-hybridized carbons (Fsp3) is 0.292. The van der Waals surface area contributed by atoms with Crippen LogP contribution in [0.25, 0.3) is 22.3 Å². The molecule has 2 aromatic heterocycles. The highest BCUT2D eigenvalue weighted by molar-refractivity contribution is 5.98. The number of para-hydroxylation sites is 1. The summed E-state index contributed by atoms with van der Waals surface area (Å²) < 4.78 is 23.9. The van der Waals surface area contributed by atoms with E-state index in [-0.39, 0.29) is 6.04 Å². The van der Waals surface area contributed by atoms with Crippen LogP contribution in [0.4, 0.5) is 10.2 Å². The topological polar surface area (TPSA) is 78.9 Å². The highest BCUT2D eigenvalue weighted by atomic mass is 19.1. The molecule has 0 aliphatic carbocycles. The van der Waals surface area contributed by atoms with Gasteiger partial charge in [0.25, 0.3) is 0 Å². The van der Waals surface area contributed by atoms with Gasteiger partial charge in [-0.1, -0.05) is 18.2 Å². The number of likely N-dealkylation sites (tertiary alicyclic amines) is 1. The predicted octanol–water partition coefficient (Wildman–Crippen LogP) is 4.42. The van der Waals surface area contributed by atoms with Crippen molar-refractivity contribution in [2.24, 2.45) is 0 Å². The third-order valence-electron chi connectivity index (χ3n) is 6.17. The number of nitrogens with zero attached hydrogens (tertiary/aromatic N) is 5. The van der Waals surface area contributed by atoms with E-state index in [9.17, 15) is 0 Å². The largest absolute Gasteiger partial charge is 0.457 e. The van der Waals surface area contributed by atoms with E-state index < -0.39 is 5.82 Å². The third-order valence-corrected chi connectivity index (χ3v) is 6.17. The highest BCUT2D eigenvalue weighted by Gasteiger charge is 2.30. The average molecular weight is 434 g/mol. The average Bonchev–Trinajstić information content (AvgIpc) is 3.15. The summed E-state index contributed by atoms with van der Waals surface area (Å²) in [5.74, 6) is 0.921. The molecule has 164 valence electrons. The van der Waals surface area contributed by atoms with Gasteiger partial charge in [0, 0.05) is 24.5 Å². The Morgan fingerprint density at radius 3 is 2.50 bits per heavy atom. The molecular weight excluding hydrogens is 407 g/mol. The van der Waals surface area contributed by atoms with Gasteiger partial charge in [-0.05, 0) is 24.3 Å². The smallest absolute Gasteiger partial charge is 0.164 e. The summed E-state index contributed by atoms with van der Waals surface area (Å²) >= 11 is 0. The first-order chi connectivity index (χ1) is 15.4. The van der Waals surface area contributed by atoms with Crippen molar-refractivity contribution in [3.63, 3.8) is 0 Å². The van der Waals surface area contributed by atoms with E-state index >= 15 is 4.39 Å². The van der Waals surface area contributed by atoms with Crippen LogP contribution >= 0.6 is 0 Å². The number of piperidine rings is 1. The third kappa shape index (κ3) is 3.78. The minimum absolute atomic E-state index is 0.190. The lowest BCUT2D eigenvalue weighted by Crippen LogP contribution is -2.46. The van der Waals surface area contributed by atoms with Crippen LogP contribution in [0.5, 0.6) is 11.5 Å². The summed E-state index contributed by atoms with van der Waals surface area (Å²) in [5, 5.41) is 5.40. The minimum Gasteiger partial charge on any atom is -0.457 e.